The van der Waals surface area contributed by atoms with E-state index in [2.05, 4.69) is 5.32 Å². The molecule has 1 aromatic carbocycles. The lowest BCUT2D eigenvalue weighted by atomic mass is 10.2. The number of nitrogens with one attached hydrogen (secondary N) is 1. The van der Waals surface area contributed by atoms with Gasteiger partial charge in [0.05, 0.1) is 11.4 Å². The average Bonchev–Trinajstić information content (AvgIpc) is 2.30. The molecular weight excluding hydrogens is 240 g/mol. The predicted molar refractivity (Wildman–Crippen MR) is 62.9 cm³/mol. The SMILES string of the molecule is Cc1ccc(S(=O)(=O)N2CCNCC2=O)cc1. The number of rotatable bonds is 2. The Hall–Kier alpha value is -1.40. The molecule has 1 saturated heterocycles. The van der Waals surface area contributed by atoms with Crippen molar-refractivity contribution in [2.75, 3.05) is 19.6 Å². The zero-order valence-corrected chi connectivity index (χ0v) is 10.3. The molecule has 0 aromatic heterocycles. The largest absolute Gasteiger partial charge is 0.307 e. The second-order valence-corrected chi connectivity index (χ2v) is 5.82. The van der Waals surface area contributed by atoms with Crippen molar-refractivity contribution in [1.29, 1.82) is 0 Å². The fourth-order valence-corrected chi connectivity index (χ4v) is 3.08. The van der Waals surface area contributed by atoms with E-state index in [1.54, 1.807) is 12.1 Å². The maximum Gasteiger partial charge on any atom is 0.266 e. The molecule has 1 aliphatic rings. The zero-order valence-electron chi connectivity index (χ0n) is 9.51. The normalized spacial score (nSPS) is 17.2. The van der Waals surface area contributed by atoms with Crippen LogP contribution in [0, 0.1) is 6.92 Å². The van der Waals surface area contributed by atoms with Gasteiger partial charge < -0.3 is 5.32 Å². The summed E-state index contributed by atoms with van der Waals surface area (Å²) in [6.07, 6.45) is 0. The maximum atomic E-state index is 12.2. The van der Waals surface area contributed by atoms with Crippen LogP contribution in [0.4, 0.5) is 0 Å². The monoisotopic (exact) mass is 254 g/mol. The van der Waals surface area contributed by atoms with E-state index >= 15 is 0 Å². The molecule has 1 fully saturated rings. The van der Waals surface area contributed by atoms with Gasteiger partial charge in [-0.05, 0) is 19.1 Å². The summed E-state index contributed by atoms with van der Waals surface area (Å²) in [6.45, 7) is 2.64. The van der Waals surface area contributed by atoms with Crippen molar-refractivity contribution in [2.24, 2.45) is 0 Å². The Labute approximate surface area is 100 Å². The molecule has 0 spiro atoms. The fraction of sp³-hybridized carbons (Fsp3) is 0.364. The van der Waals surface area contributed by atoms with Crippen LogP contribution in [0.2, 0.25) is 0 Å². The first-order valence-electron chi connectivity index (χ1n) is 5.35. The van der Waals surface area contributed by atoms with Crippen LogP contribution in [0.3, 0.4) is 0 Å². The minimum absolute atomic E-state index is 0.0745. The second kappa shape index (κ2) is 4.46. The van der Waals surface area contributed by atoms with Crippen LogP contribution in [-0.4, -0.2) is 38.3 Å². The number of hydrogen-bond donors (Lipinski definition) is 1. The molecule has 1 aliphatic heterocycles. The Bertz CT molecular complexity index is 522. The van der Waals surface area contributed by atoms with Crippen molar-refractivity contribution in [3.63, 3.8) is 0 Å². The first-order chi connectivity index (χ1) is 8.01. The standard InChI is InChI=1S/C11H14N2O3S/c1-9-2-4-10(5-3-9)17(15,16)13-7-6-12-8-11(13)14/h2-5,12H,6-8H2,1H3. The number of benzene rings is 1. The number of amides is 1. The molecule has 1 N–H and O–H groups in total. The van der Waals surface area contributed by atoms with Gasteiger partial charge in [-0.3, -0.25) is 4.79 Å². The van der Waals surface area contributed by atoms with Crippen LogP contribution < -0.4 is 5.32 Å². The minimum Gasteiger partial charge on any atom is -0.307 e. The van der Waals surface area contributed by atoms with Crippen molar-refractivity contribution in [3.8, 4) is 0 Å². The van der Waals surface area contributed by atoms with Gasteiger partial charge in [0.15, 0.2) is 0 Å². The number of nitrogens with zero attached hydrogens (tertiary/aromatic N) is 1. The summed E-state index contributed by atoms with van der Waals surface area (Å²) in [5, 5.41) is 2.84. The molecule has 0 radical (unpaired) electrons. The molecule has 2 rings (SSSR count). The topological polar surface area (TPSA) is 66.5 Å². The van der Waals surface area contributed by atoms with E-state index in [4.69, 9.17) is 0 Å². The summed E-state index contributed by atoms with van der Waals surface area (Å²) < 4.78 is 25.3. The van der Waals surface area contributed by atoms with Gasteiger partial charge >= 0.3 is 0 Å². The van der Waals surface area contributed by atoms with Gasteiger partial charge in [-0.25, -0.2) is 12.7 Å². The zero-order chi connectivity index (χ0) is 12.5. The van der Waals surface area contributed by atoms with Crippen molar-refractivity contribution in [1.82, 2.24) is 9.62 Å². The molecular formula is C11H14N2O3S. The van der Waals surface area contributed by atoms with Crippen molar-refractivity contribution >= 4 is 15.9 Å². The molecule has 0 unspecified atom stereocenters. The average molecular weight is 254 g/mol. The molecule has 0 bridgehead atoms. The summed E-state index contributed by atoms with van der Waals surface area (Å²) in [6, 6.07) is 6.50. The van der Waals surface area contributed by atoms with E-state index in [1.807, 2.05) is 6.92 Å². The van der Waals surface area contributed by atoms with E-state index in [-0.39, 0.29) is 18.0 Å². The van der Waals surface area contributed by atoms with Crippen LogP contribution in [0.5, 0.6) is 0 Å². The fourth-order valence-electron chi connectivity index (χ4n) is 1.68. The third-order valence-corrected chi connectivity index (χ3v) is 4.49. The summed E-state index contributed by atoms with van der Waals surface area (Å²) in [4.78, 5) is 11.7. The smallest absolute Gasteiger partial charge is 0.266 e. The number of carbonyl (C=O) groups is 1. The van der Waals surface area contributed by atoms with Crippen molar-refractivity contribution < 1.29 is 13.2 Å². The second-order valence-electron chi connectivity index (χ2n) is 3.96. The highest BCUT2D eigenvalue weighted by Crippen LogP contribution is 2.17. The van der Waals surface area contributed by atoms with Crippen LogP contribution in [0.1, 0.15) is 5.56 Å². The van der Waals surface area contributed by atoms with Crippen molar-refractivity contribution in [2.45, 2.75) is 11.8 Å². The van der Waals surface area contributed by atoms with Gasteiger partial charge in [-0.1, -0.05) is 17.7 Å². The quantitative estimate of drug-likeness (QED) is 0.814. The number of piperazine rings is 1. The Kier molecular flexibility index (Phi) is 3.17. The van der Waals surface area contributed by atoms with E-state index in [0.717, 1.165) is 9.87 Å². The first kappa shape index (κ1) is 12.1. The molecule has 0 atom stereocenters. The van der Waals surface area contributed by atoms with Crippen LogP contribution in [0.15, 0.2) is 29.2 Å². The Morgan fingerprint density at radius 2 is 1.88 bits per heavy atom. The molecule has 1 amide bonds. The van der Waals surface area contributed by atoms with Crippen molar-refractivity contribution in [3.05, 3.63) is 29.8 Å². The molecule has 0 saturated carbocycles. The molecule has 17 heavy (non-hydrogen) atoms. The number of sulfonamides is 1. The van der Waals surface area contributed by atoms with E-state index in [9.17, 15) is 13.2 Å². The highest BCUT2D eigenvalue weighted by molar-refractivity contribution is 7.89. The first-order valence-corrected chi connectivity index (χ1v) is 6.79. The Morgan fingerprint density at radius 3 is 2.47 bits per heavy atom. The van der Waals surface area contributed by atoms with Crippen LogP contribution in [-0.2, 0) is 14.8 Å². The van der Waals surface area contributed by atoms with E-state index in [0.29, 0.717) is 6.54 Å². The van der Waals surface area contributed by atoms with Crippen LogP contribution >= 0.6 is 0 Å². The third-order valence-electron chi connectivity index (χ3n) is 2.66. The lowest BCUT2D eigenvalue weighted by Gasteiger charge is -2.26. The highest BCUT2D eigenvalue weighted by atomic mass is 32.2. The summed E-state index contributed by atoms with van der Waals surface area (Å²) in [7, 11) is -3.68. The maximum absolute atomic E-state index is 12.2. The predicted octanol–water partition coefficient (Wildman–Crippen LogP) is 0.116. The lowest BCUT2D eigenvalue weighted by molar-refractivity contribution is -0.126. The molecule has 1 heterocycles. The molecule has 6 heteroatoms. The van der Waals surface area contributed by atoms with Crippen LogP contribution in [0.25, 0.3) is 0 Å². The minimum atomic E-state index is -3.68. The Balaban J connectivity index is 2.35. The summed E-state index contributed by atoms with van der Waals surface area (Å²) in [5.41, 5.74) is 0.982. The van der Waals surface area contributed by atoms with Gasteiger partial charge in [0.2, 0.25) is 5.91 Å². The Morgan fingerprint density at radius 1 is 1.24 bits per heavy atom. The highest BCUT2D eigenvalue weighted by Gasteiger charge is 2.30. The summed E-state index contributed by atoms with van der Waals surface area (Å²) in [5.74, 6) is -0.406. The number of carbonyl (C=O) groups excluding carboxylic acids is 1. The van der Waals surface area contributed by atoms with Gasteiger partial charge in [0, 0.05) is 13.1 Å². The number of aryl methyl sites for hydroxylation is 1. The van der Waals surface area contributed by atoms with Gasteiger partial charge in [-0.2, -0.15) is 0 Å². The molecule has 5 nitrogen and oxygen atoms in total. The van der Waals surface area contributed by atoms with Gasteiger partial charge in [0.1, 0.15) is 0 Å². The third kappa shape index (κ3) is 2.32. The van der Waals surface area contributed by atoms with E-state index < -0.39 is 15.9 Å². The molecule has 92 valence electrons. The van der Waals surface area contributed by atoms with Gasteiger partial charge in [0.25, 0.3) is 10.0 Å². The molecule has 1 aromatic rings. The number of hydrogen-bond acceptors (Lipinski definition) is 4. The summed E-state index contributed by atoms with van der Waals surface area (Å²) >= 11 is 0. The lowest BCUT2D eigenvalue weighted by Crippen LogP contribution is -2.50. The van der Waals surface area contributed by atoms with E-state index in [1.165, 1.54) is 12.1 Å². The van der Waals surface area contributed by atoms with Gasteiger partial charge in [-0.15, -0.1) is 0 Å². The molecule has 0 aliphatic carbocycles.